The molecular formula is C15H14ClN3O. The fraction of sp³-hybridized carbons (Fsp3) is 0.267. The Hall–Kier alpha value is -1.94. The van der Waals surface area contributed by atoms with Crippen molar-refractivity contribution in [3.05, 3.63) is 52.9 Å². The van der Waals surface area contributed by atoms with Gasteiger partial charge in [-0.25, -0.2) is 9.97 Å². The number of halogens is 1. The van der Waals surface area contributed by atoms with Gasteiger partial charge in [0.25, 0.3) is 0 Å². The van der Waals surface area contributed by atoms with Crippen LogP contribution in [0, 0.1) is 0 Å². The first-order chi connectivity index (χ1) is 9.74. The molecule has 1 aromatic carbocycles. The Bertz CT molecular complexity index is 645. The van der Waals surface area contributed by atoms with E-state index >= 15 is 0 Å². The number of nitrogens with zero attached hydrogens (tertiary/aromatic N) is 2. The van der Waals surface area contributed by atoms with E-state index in [-0.39, 0.29) is 11.8 Å². The van der Waals surface area contributed by atoms with Gasteiger partial charge in [-0.2, -0.15) is 0 Å². The van der Waals surface area contributed by atoms with Crippen molar-refractivity contribution >= 4 is 23.3 Å². The maximum absolute atomic E-state index is 12.4. The van der Waals surface area contributed by atoms with E-state index in [0.717, 1.165) is 24.8 Å². The summed E-state index contributed by atoms with van der Waals surface area (Å²) in [6, 6.07) is 9.67. The first-order valence-corrected chi connectivity index (χ1v) is 6.98. The Kier molecular flexibility index (Phi) is 3.65. The fourth-order valence-corrected chi connectivity index (χ4v) is 2.79. The average molecular weight is 288 g/mol. The van der Waals surface area contributed by atoms with Crippen molar-refractivity contribution < 1.29 is 4.79 Å². The predicted molar refractivity (Wildman–Crippen MR) is 77.8 cm³/mol. The molecular weight excluding hydrogens is 274 g/mol. The third-order valence-corrected chi connectivity index (χ3v) is 3.78. The first-order valence-electron chi connectivity index (χ1n) is 6.60. The number of benzene rings is 1. The number of anilines is 1. The predicted octanol–water partition coefficient (Wildman–Crippen LogP) is 3.19. The molecule has 4 nitrogen and oxygen atoms in total. The number of aromatic nitrogens is 2. The molecule has 1 atom stereocenters. The number of hydrogen-bond acceptors (Lipinski definition) is 3. The van der Waals surface area contributed by atoms with Crippen LogP contribution in [0.25, 0.3) is 0 Å². The van der Waals surface area contributed by atoms with Crippen LogP contribution in [0.2, 0.25) is 5.15 Å². The van der Waals surface area contributed by atoms with E-state index in [1.165, 1.54) is 11.9 Å². The third-order valence-electron chi connectivity index (χ3n) is 3.57. The zero-order valence-electron chi connectivity index (χ0n) is 10.8. The zero-order chi connectivity index (χ0) is 13.9. The maximum Gasteiger partial charge on any atom is 0.233 e. The second-order valence-corrected chi connectivity index (χ2v) is 5.25. The number of aryl methyl sites for hydroxylation is 1. The Balaban J connectivity index is 1.82. The van der Waals surface area contributed by atoms with Crippen molar-refractivity contribution in [2.75, 3.05) is 5.32 Å². The van der Waals surface area contributed by atoms with Gasteiger partial charge in [-0.15, -0.1) is 0 Å². The Labute approximate surface area is 122 Å². The van der Waals surface area contributed by atoms with Gasteiger partial charge in [-0.1, -0.05) is 35.9 Å². The van der Waals surface area contributed by atoms with E-state index in [4.69, 9.17) is 11.6 Å². The van der Waals surface area contributed by atoms with E-state index in [9.17, 15) is 4.79 Å². The van der Waals surface area contributed by atoms with Crippen LogP contribution in [0.4, 0.5) is 5.82 Å². The molecule has 1 aliphatic rings. The lowest BCUT2D eigenvalue weighted by molar-refractivity contribution is -0.117. The SMILES string of the molecule is O=C(Nc1cc(Cl)ncn1)C1CCCc2ccccc21. The molecule has 0 fully saturated rings. The molecule has 1 aromatic heterocycles. The molecule has 3 rings (SSSR count). The smallest absolute Gasteiger partial charge is 0.233 e. The second kappa shape index (κ2) is 5.59. The minimum atomic E-state index is -0.117. The molecule has 1 aliphatic carbocycles. The maximum atomic E-state index is 12.4. The number of carbonyl (C=O) groups is 1. The summed E-state index contributed by atoms with van der Waals surface area (Å²) in [4.78, 5) is 20.2. The molecule has 0 saturated carbocycles. The minimum Gasteiger partial charge on any atom is -0.310 e. The highest BCUT2D eigenvalue weighted by atomic mass is 35.5. The zero-order valence-corrected chi connectivity index (χ0v) is 11.6. The lowest BCUT2D eigenvalue weighted by Crippen LogP contribution is -2.25. The van der Waals surface area contributed by atoms with E-state index < -0.39 is 0 Å². The standard InChI is InChI=1S/C15H14ClN3O/c16-13-8-14(18-9-17-13)19-15(20)12-7-3-5-10-4-1-2-6-11(10)12/h1-2,4,6,8-9,12H,3,5,7H2,(H,17,18,19,20). The summed E-state index contributed by atoms with van der Waals surface area (Å²) in [7, 11) is 0. The van der Waals surface area contributed by atoms with E-state index in [1.54, 1.807) is 6.07 Å². The highest BCUT2D eigenvalue weighted by Gasteiger charge is 2.26. The van der Waals surface area contributed by atoms with E-state index in [0.29, 0.717) is 11.0 Å². The van der Waals surface area contributed by atoms with Crippen LogP contribution >= 0.6 is 11.6 Å². The van der Waals surface area contributed by atoms with Crippen LogP contribution in [0.3, 0.4) is 0 Å². The number of carbonyl (C=O) groups excluding carboxylic acids is 1. The summed E-state index contributed by atoms with van der Waals surface area (Å²) in [6.45, 7) is 0. The van der Waals surface area contributed by atoms with Crippen molar-refractivity contribution in [1.29, 1.82) is 0 Å². The molecule has 1 N–H and O–H groups in total. The molecule has 0 radical (unpaired) electrons. The van der Waals surface area contributed by atoms with Crippen LogP contribution < -0.4 is 5.32 Å². The van der Waals surface area contributed by atoms with Gasteiger partial charge < -0.3 is 5.32 Å². The largest absolute Gasteiger partial charge is 0.310 e. The monoisotopic (exact) mass is 287 g/mol. The second-order valence-electron chi connectivity index (χ2n) is 4.86. The van der Waals surface area contributed by atoms with Gasteiger partial charge in [0.15, 0.2) is 0 Å². The van der Waals surface area contributed by atoms with Crippen LogP contribution in [0.15, 0.2) is 36.7 Å². The number of rotatable bonds is 2. The molecule has 102 valence electrons. The van der Waals surface area contributed by atoms with Crippen molar-refractivity contribution in [2.45, 2.75) is 25.2 Å². The molecule has 1 amide bonds. The quantitative estimate of drug-likeness (QED) is 0.863. The van der Waals surface area contributed by atoms with Crippen molar-refractivity contribution in [3.8, 4) is 0 Å². The Morgan fingerprint density at radius 3 is 3.00 bits per heavy atom. The number of hydrogen-bond donors (Lipinski definition) is 1. The third kappa shape index (κ3) is 2.65. The van der Waals surface area contributed by atoms with Gasteiger partial charge in [-0.05, 0) is 30.4 Å². The van der Waals surface area contributed by atoms with Crippen molar-refractivity contribution in [1.82, 2.24) is 9.97 Å². The normalized spacial score (nSPS) is 17.4. The number of nitrogens with one attached hydrogen (secondary N) is 1. The molecule has 0 bridgehead atoms. The summed E-state index contributed by atoms with van der Waals surface area (Å²) in [6.07, 6.45) is 4.27. The van der Waals surface area contributed by atoms with Crippen molar-refractivity contribution in [3.63, 3.8) is 0 Å². The lowest BCUT2D eigenvalue weighted by atomic mass is 9.82. The fourth-order valence-electron chi connectivity index (χ4n) is 2.64. The van der Waals surface area contributed by atoms with Gasteiger partial charge in [0, 0.05) is 6.07 Å². The van der Waals surface area contributed by atoms with Gasteiger partial charge in [0.1, 0.15) is 17.3 Å². The molecule has 1 unspecified atom stereocenters. The Morgan fingerprint density at radius 1 is 1.30 bits per heavy atom. The Morgan fingerprint density at radius 2 is 2.15 bits per heavy atom. The van der Waals surface area contributed by atoms with Crippen LogP contribution in [0.5, 0.6) is 0 Å². The molecule has 0 aliphatic heterocycles. The molecule has 20 heavy (non-hydrogen) atoms. The first kappa shape index (κ1) is 13.1. The number of fused-ring (bicyclic) bond motifs is 1. The summed E-state index contributed by atoms with van der Waals surface area (Å²) in [5.74, 6) is 0.290. The van der Waals surface area contributed by atoms with Crippen LogP contribution in [0.1, 0.15) is 29.9 Å². The topological polar surface area (TPSA) is 54.9 Å². The van der Waals surface area contributed by atoms with E-state index in [1.807, 2.05) is 18.2 Å². The average Bonchev–Trinajstić information content (AvgIpc) is 2.46. The summed E-state index contributed by atoms with van der Waals surface area (Å²) in [5.41, 5.74) is 2.39. The molecule has 0 saturated heterocycles. The van der Waals surface area contributed by atoms with Gasteiger partial charge in [-0.3, -0.25) is 4.79 Å². The summed E-state index contributed by atoms with van der Waals surface area (Å²) in [5, 5.41) is 3.14. The summed E-state index contributed by atoms with van der Waals surface area (Å²) >= 11 is 5.79. The van der Waals surface area contributed by atoms with E-state index in [2.05, 4.69) is 21.4 Å². The molecule has 2 aromatic rings. The van der Waals surface area contributed by atoms with Crippen LogP contribution in [-0.4, -0.2) is 15.9 Å². The van der Waals surface area contributed by atoms with Crippen molar-refractivity contribution in [2.24, 2.45) is 0 Å². The molecule has 0 spiro atoms. The molecule has 1 heterocycles. The van der Waals surface area contributed by atoms with Gasteiger partial charge >= 0.3 is 0 Å². The molecule has 5 heteroatoms. The highest BCUT2D eigenvalue weighted by Crippen LogP contribution is 2.32. The van der Waals surface area contributed by atoms with Crippen LogP contribution in [-0.2, 0) is 11.2 Å². The number of amides is 1. The highest BCUT2D eigenvalue weighted by molar-refractivity contribution is 6.29. The summed E-state index contributed by atoms with van der Waals surface area (Å²) < 4.78 is 0. The van der Waals surface area contributed by atoms with Gasteiger partial charge in [0.2, 0.25) is 5.91 Å². The lowest BCUT2D eigenvalue weighted by Gasteiger charge is -2.24. The van der Waals surface area contributed by atoms with Gasteiger partial charge in [0.05, 0.1) is 5.92 Å². The minimum absolute atomic E-state index is 0.0353.